The molecule has 0 saturated heterocycles. The van der Waals surface area contributed by atoms with Crippen molar-refractivity contribution in [1.29, 1.82) is 0 Å². The van der Waals surface area contributed by atoms with Gasteiger partial charge in [0.1, 0.15) is 5.76 Å². The summed E-state index contributed by atoms with van der Waals surface area (Å²) in [6.07, 6.45) is 2.66. The van der Waals surface area contributed by atoms with Crippen molar-refractivity contribution in [3.63, 3.8) is 0 Å². The third-order valence-corrected chi connectivity index (χ3v) is 2.95. The fraction of sp³-hybridized carbons (Fsp3) is 0.667. The van der Waals surface area contributed by atoms with Crippen LogP contribution in [0, 0.1) is 5.92 Å². The number of ether oxygens (including phenoxy) is 1. The standard InChI is InChI=1S/C15H26N2O3/c1-12(2)6-9-19-10-7-16-13(3)15(18)17-11-14-5-4-8-20-14/h4-5,8,12-13,16H,6-7,9-11H2,1-3H3,(H,17,18). The highest BCUT2D eigenvalue weighted by Crippen LogP contribution is 1.99. The molecule has 0 aliphatic rings. The highest BCUT2D eigenvalue weighted by atomic mass is 16.5. The molecule has 1 amide bonds. The first-order valence-electron chi connectivity index (χ1n) is 7.20. The van der Waals surface area contributed by atoms with E-state index >= 15 is 0 Å². The van der Waals surface area contributed by atoms with Gasteiger partial charge in [-0.05, 0) is 31.4 Å². The van der Waals surface area contributed by atoms with Crippen LogP contribution in [0.15, 0.2) is 22.8 Å². The van der Waals surface area contributed by atoms with E-state index in [0.29, 0.717) is 25.6 Å². The van der Waals surface area contributed by atoms with Crippen molar-refractivity contribution in [3.8, 4) is 0 Å². The summed E-state index contributed by atoms with van der Waals surface area (Å²) in [6, 6.07) is 3.40. The molecule has 0 aromatic carbocycles. The lowest BCUT2D eigenvalue weighted by molar-refractivity contribution is -0.123. The lowest BCUT2D eigenvalue weighted by Crippen LogP contribution is -2.43. The molecule has 1 rings (SSSR count). The summed E-state index contributed by atoms with van der Waals surface area (Å²) in [5, 5.41) is 5.95. The van der Waals surface area contributed by atoms with Gasteiger partial charge in [-0.25, -0.2) is 0 Å². The number of carbonyl (C=O) groups excluding carboxylic acids is 1. The summed E-state index contributed by atoms with van der Waals surface area (Å²) >= 11 is 0. The van der Waals surface area contributed by atoms with Crippen molar-refractivity contribution >= 4 is 5.91 Å². The lowest BCUT2D eigenvalue weighted by atomic mass is 10.1. The average molecular weight is 282 g/mol. The summed E-state index contributed by atoms with van der Waals surface area (Å²) in [5.41, 5.74) is 0. The highest BCUT2D eigenvalue weighted by Gasteiger charge is 2.11. The predicted octanol–water partition coefficient (Wildman–Crippen LogP) is 1.94. The minimum Gasteiger partial charge on any atom is -0.467 e. The first-order valence-corrected chi connectivity index (χ1v) is 7.20. The summed E-state index contributed by atoms with van der Waals surface area (Å²) in [4.78, 5) is 11.8. The molecule has 20 heavy (non-hydrogen) atoms. The van der Waals surface area contributed by atoms with Crippen LogP contribution >= 0.6 is 0 Å². The van der Waals surface area contributed by atoms with E-state index in [9.17, 15) is 4.79 Å². The Kier molecular flexibility index (Phi) is 7.99. The molecule has 0 fully saturated rings. The maximum absolute atomic E-state index is 11.8. The van der Waals surface area contributed by atoms with Crippen LogP contribution in [-0.4, -0.2) is 31.7 Å². The van der Waals surface area contributed by atoms with Gasteiger partial charge in [-0.2, -0.15) is 0 Å². The van der Waals surface area contributed by atoms with E-state index in [1.807, 2.05) is 13.0 Å². The minimum absolute atomic E-state index is 0.0384. The molecular weight excluding hydrogens is 256 g/mol. The second-order valence-corrected chi connectivity index (χ2v) is 5.27. The third kappa shape index (κ3) is 7.31. The normalized spacial score (nSPS) is 12.6. The molecule has 1 atom stereocenters. The van der Waals surface area contributed by atoms with Crippen LogP contribution in [-0.2, 0) is 16.1 Å². The van der Waals surface area contributed by atoms with Gasteiger partial charge in [0.2, 0.25) is 5.91 Å². The summed E-state index contributed by atoms with van der Waals surface area (Å²) in [7, 11) is 0. The number of furan rings is 1. The zero-order valence-corrected chi connectivity index (χ0v) is 12.6. The largest absolute Gasteiger partial charge is 0.467 e. The SMILES string of the molecule is CC(C)CCOCCNC(C)C(=O)NCc1ccco1. The van der Waals surface area contributed by atoms with Gasteiger partial charge in [-0.3, -0.25) is 4.79 Å². The van der Waals surface area contributed by atoms with E-state index in [0.717, 1.165) is 18.8 Å². The second kappa shape index (κ2) is 9.55. The fourth-order valence-corrected chi connectivity index (χ4v) is 1.60. The van der Waals surface area contributed by atoms with E-state index in [1.54, 1.807) is 12.3 Å². The topological polar surface area (TPSA) is 63.5 Å². The van der Waals surface area contributed by atoms with E-state index < -0.39 is 0 Å². The zero-order valence-electron chi connectivity index (χ0n) is 12.6. The molecule has 0 aliphatic carbocycles. The molecular formula is C15H26N2O3. The Morgan fingerprint density at radius 1 is 1.35 bits per heavy atom. The minimum atomic E-state index is -0.237. The number of rotatable bonds is 10. The summed E-state index contributed by atoms with van der Waals surface area (Å²) < 4.78 is 10.6. The molecule has 2 N–H and O–H groups in total. The van der Waals surface area contributed by atoms with Crippen LogP contribution in [0.2, 0.25) is 0 Å². The summed E-state index contributed by atoms with van der Waals surface area (Å²) in [5.74, 6) is 1.38. The number of nitrogens with one attached hydrogen (secondary N) is 2. The van der Waals surface area contributed by atoms with Crippen molar-refractivity contribution < 1.29 is 13.9 Å². The van der Waals surface area contributed by atoms with E-state index in [4.69, 9.17) is 9.15 Å². The number of amides is 1. The predicted molar refractivity (Wildman–Crippen MR) is 78.3 cm³/mol. The van der Waals surface area contributed by atoms with Crippen molar-refractivity contribution in [2.24, 2.45) is 5.92 Å². The smallest absolute Gasteiger partial charge is 0.237 e. The molecule has 114 valence electrons. The van der Waals surface area contributed by atoms with Crippen LogP contribution in [0.25, 0.3) is 0 Å². The number of hydrogen-bond acceptors (Lipinski definition) is 4. The van der Waals surface area contributed by atoms with Crippen LogP contribution in [0.5, 0.6) is 0 Å². The Bertz CT molecular complexity index is 363. The molecule has 0 aliphatic heterocycles. The second-order valence-electron chi connectivity index (χ2n) is 5.27. The molecule has 1 aromatic rings. The maximum atomic E-state index is 11.8. The quantitative estimate of drug-likeness (QED) is 0.644. The average Bonchev–Trinajstić information content (AvgIpc) is 2.92. The van der Waals surface area contributed by atoms with Crippen molar-refractivity contribution in [1.82, 2.24) is 10.6 Å². The molecule has 5 heteroatoms. The molecule has 0 saturated carbocycles. The molecule has 0 radical (unpaired) electrons. The van der Waals surface area contributed by atoms with Crippen molar-refractivity contribution in [2.75, 3.05) is 19.8 Å². The first kappa shape index (κ1) is 16.7. The lowest BCUT2D eigenvalue weighted by Gasteiger charge is -2.14. The third-order valence-electron chi connectivity index (χ3n) is 2.95. The van der Waals surface area contributed by atoms with Gasteiger partial charge < -0.3 is 19.8 Å². The van der Waals surface area contributed by atoms with Crippen molar-refractivity contribution in [3.05, 3.63) is 24.2 Å². The van der Waals surface area contributed by atoms with Gasteiger partial charge in [0.25, 0.3) is 0 Å². The Hall–Kier alpha value is -1.33. The monoisotopic (exact) mass is 282 g/mol. The van der Waals surface area contributed by atoms with Gasteiger partial charge in [0, 0.05) is 13.2 Å². The van der Waals surface area contributed by atoms with E-state index in [-0.39, 0.29) is 11.9 Å². The Labute approximate surface area is 121 Å². The van der Waals surface area contributed by atoms with Gasteiger partial charge in [0.15, 0.2) is 0 Å². The molecule has 1 aromatic heterocycles. The van der Waals surface area contributed by atoms with Gasteiger partial charge >= 0.3 is 0 Å². The highest BCUT2D eigenvalue weighted by molar-refractivity contribution is 5.81. The Morgan fingerprint density at radius 2 is 2.15 bits per heavy atom. The van der Waals surface area contributed by atoms with Gasteiger partial charge in [0.05, 0.1) is 25.5 Å². The van der Waals surface area contributed by atoms with Crippen LogP contribution in [0.3, 0.4) is 0 Å². The molecule has 1 unspecified atom stereocenters. The molecule has 1 heterocycles. The fourth-order valence-electron chi connectivity index (χ4n) is 1.60. The van der Waals surface area contributed by atoms with Crippen LogP contribution in [0.4, 0.5) is 0 Å². The van der Waals surface area contributed by atoms with Crippen molar-refractivity contribution in [2.45, 2.75) is 39.8 Å². The van der Waals surface area contributed by atoms with Gasteiger partial charge in [-0.1, -0.05) is 13.8 Å². The maximum Gasteiger partial charge on any atom is 0.237 e. The van der Waals surface area contributed by atoms with Crippen LogP contribution < -0.4 is 10.6 Å². The first-order chi connectivity index (χ1) is 9.59. The zero-order chi connectivity index (χ0) is 14.8. The summed E-state index contributed by atoms with van der Waals surface area (Å²) in [6.45, 7) is 8.68. The Morgan fingerprint density at radius 3 is 2.80 bits per heavy atom. The van der Waals surface area contributed by atoms with Crippen LogP contribution in [0.1, 0.15) is 33.0 Å². The Balaban J connectivity index is 2.03. The van der Waals surface area contributed by atoms with E-state index in [1.165, 1.54) is 0 Å². The molecule has 0 spiro atoms. The van der Waals surface area contributed by atoms with Gasteiger partial charge in [-0.15, -0.1) is 0 Å². The molecule has 0 bridgehead atoms. The molecule has 5 nitrogen and oxygen atoms in total. The number of hydrogen-bond donors (Lipinski definition) is 2. The number of carbonyl (C=O) groups is 1. The van der Waals surface area contributed by atoms with E-state index in [2.05, 4.69) is 24.5 Å².